The molecule has 0 bridgehead atoms. The Morgan fingerprint density at radius 2 is 2.08 bits per heavy atom. The van der Waals surface area contributed by atoms with E-state index in [1.165, 1.54) is 11.1 Å². The molecule has 3 heteroatoms. The maximum Gasteiger partial charge on any atom is 0.0863 e. The van der Waals surface area contributed by atoms with Crippen LogP contribution in [0, 0.1) is 11.3 Å². The predicted octanol–water partition coefficient (Wildman–Crippen LogP) is 6.30. The van der Waals surface area contributed by atoms with Gasteiger partial charge in [-0.3, -0.25) is 0 Å². The number of hydrogen-bond donors (Lipinski definition) is 1. The van der Waals surface area contributed by atoms with Gasteiger partial charge in [0.15, 0.2) is 0 Å². The second-order valence-electron chi connectivity index (χ2n) is 7.48. The molecule has 2 aliphatic rings. The van der Waals surface area contributed by atoms with Gasteiger partial charge in [-0.15, -0.1) is 0 Å². The summed E-state index contributed by atoms with van der Waals surface area (Å²) in [6.07, 6.45) is 4.18. The second kappa shape index (κ2) is 6.14. The lowest BCUT2D eigenvalue weighted by atomic mass is 9.70. The quantitative estimate of drug-likeness (QED) is 0.636. The molecule has 1 N–H and O–H groups in total. The highest BCUT2D eigenvalue weighted by Gasteiger charge is 2.41. The van der Waals surface area contributed by atoms with Crippen molar-refractivity contribution in [1.29, 1.82) is 5.26 Å². The van der Waals surface area contributed by atoms with E-state index in [1.807, 2.05) is 0 Å². The van der Waals surface area contributed by atoms with Crippen LogP contribution in [0.4, 0.5) is 5.69 Å². The molecule has 2 nitrogen and oxygen atoms in total. The van der Waals surface area contributed by atoms with Gasteiger partial charge in [0.2, 0.25) is 0 Å². The molecule has 0 fully saturated rings. The lowest BCUT2D eigenvalue weighted by Crippen LogP contribution is -2.28. The highest BCUT2D eigenvalue weighted by molar-refractivity contribution is 9.10. The van der Waals surface area contributed by atoms with Gasteiger partial charge >= 0.3 is 0 Å². The number of halogens is 1. The molecule has 0 unspecified atom stereocenters. The molecule has 0 radical (unpaired) electrons. The van der Waals surface area contributed by atoms with Crippen LogP contribution in [0.25, 0.3) is 6.08 Å². The van der Waals surface area contributed by atoms with Crippen LogP contribution < -0.4 is 5.32 Å². The van der Waals surface area contributed by atoms with Gasteiger partial charge in [-0.25, -0.2) is 0 Å². The lowest BCUT2D eigenvalue weighted by molar-refractivity contribution is 0.469. The first-order chi connectivity index (χ1) is 12.4. The van der Waals surface area contributed by atoms with Gasteiger partial charge in [0.05, 0.1) is 11.5 Å². The number of nitrogens with zero attached hydrogens (tertiary/aromatic N) is 1. The minimum atomic E-state index is -0.562. The zero-order valence-corrected chi connectivity index (χ0v) is 16.7. The Labute approximate surface area is 163 Å². The summed E-state index contributed by atoms with van der Waals surface area (Å²) >= 11 is 3.56. The average molecular weight is 405 g/mol. The summed E-state index contributed by atoms with van der Waals surface area (Å²) in [6, 6.07) is 15.4. The number of nitrogens with one attached hydrogen (secondary N) is 1. The Kier molecular flexibility index (Phi) is 4.04. The van der Waals surface area contributed by atoms with E-state index in [2.05, 4.69) is 90.2 Å². The van der Waals surface area contributed by atoms with Crippen molar-refractivity contribution >= 4 is 27.7 Å². The molecule has 0 saturated carbocycles. The first kappa shape index (κ1) is 17.1. The predicted molar refractivity (Wildman–Crippen MR) is 111 cm³/mol. The standard InChI is InChI=1S/C23H21BrN2/c1-14-10-17-4-6-18(12-22(17)26-15(14)2)23(3,13-25)21-9-5-16-11-19(24)7-8-20(16)21/h4,6-8,10-12,21,26H,2,5,9H2,1,3H3/t21-,23+/m1/s1. The van der Waals surface area contributed by atoms with Gasteiger partial charge in [0.1, 0.15) is 0 Å². The van der Waals surface area contributed by atoms with Crippen LogP contribution in [0.2, 0.25) is 0 Å². The summed E-state index contributed by atoms with van der Waals surface area (Å²) in [4.78, 5) is 0. The molecule has 0 spiro atoms. The van der Waals surface area contributed by atoms with E-state index in [0.717, 1.165) is 45.4 Å². The van der Waals surface area contributed by atoms with Gasteiger partial charge in [-0.05, 0) is 78.8 Å². The Morgan fingerprint density at radius 1 is 1.27 bits per heavy atom. The topological polar surface area (TPSA) is 35.8 Å². The van der Waals surface area contributed by atoms with Crippen molar-refractivity contribution in [2.75, 3.05) is 5.32 Å². The van der Waals surface area contributed by atoms with Gasteiger partial charge in [-0.2, -0.15) is 5.26 Å². The third kappa shape index (κ3) is 2.61. The van der Waals surface area contributed by atoms with Crippen LogP contribution in [-0.4, -0.2) is 0 Å². The lowest BCUT2D eigenvalue weighted by Gasteiger charge is -2.31. The summed E-state index contributed by atoms with van der Waals surface area (Å²) in [6.45, 7) is 8.21. The number of nitriles is 1. The third-order valence-corrected chi connectivity index (χ3v) is 6.39. The summed E-state index contributed by atoms with van der Waals surface area (Å²) in [5.41, 5.74) is 7.41. The molecular formula is C23H21BrN2. The number of rotatable bonds is 2. The summed E-state index contributed by atoms with van der Waals surface area (Å²) in [7, 11) is 0. The molecule has 2 aromatic rings. The first-order valence-corrected chi connectivity index (χ1v) is 9.70. The molecule has 2 atom stereocenters. The largest absolute Gasteiger partial charge is 0.355 e. The second-order valence-corrected chi connectivity index (χ2v) is 8.40. The fourth-order valence-electron chi connectivity index (χ4n) is 4.22. The SMILES string of the molecule is C=C1Nc2cc([C@](C)(C#N)[C@@H]3CCc4cc(Br)ccc43)ccc2C=C1C. The van der Waals surface area contributed by atoms with Gasteiger partial charge in [-0.1, -0.05) is 40.7 Å². The number of hydrogen-bond acceptors (Lipinski definition) is 2. The van der Waals surface area contributed by atoms with Crippen molar-refractivity contribution in [3.8, 4) is 6.07 Å². The monoisotopic (exact) mass is 404 g/mol. The van der Waals surface area contributed by atoms with Crippen LogP contribution in [0.3, 0.4) is 0 Å². The van der Waals surface area contributed by atoms with E-state index in [9.17, 15) is 5.26 Å². The van der Waals surface area contributed by atoms with E-state index in [0.29, 0.717) is 0 Å². The van der Waals surface area contributed by atoms with Crippen LogP contribution in [0.15, 0.2) is 58.7 Å². The molecule has 1 aliphatic carbocycles. The molecule has 26 heavy (non-hydrogen) atoms. The summed E-state index contributed by atoms with van der Waals surface area (Å²) < 4.78 is 1.11. The van der Waals surface area contributed by atoms with Crippen LogP contribution in [-0.2, 0) is 11.8 Å². The first-order valence-electron chi connectivity index (χ1n) is 8.91. The van der Waals surface area contributed by atoms with Crippen molar-refractivity contribution < 1.29 is 0 Å². The van der Waals surface area contributed by atoms with Crippen molar-refractivity contribution in [2.45, 2.75) is 38.0 Å². The van der Waals surface area contributed by atoms with Gasteiger partial charge < -0.3 is 5.32 Å². The fraction of sp³-hybridized carbons (Fsp3) is 0.261. The van der Waals surface area contributed by atoms with Crippen LogP contribution in [0.5, 0.6) is 0 Å². The Hall–Kier alpha value is -2.31. The van der Waals surface area contributed by atoms with Crippen molar-refractivity contribution in [3.63, 3.8) is 0 Å². The molecule has 0 aromatic heterocycles. The van der Waals surface area contributed by atoms with E-state index in [1.54, 1.807) is 0 Å². The Bertz CT molecular complexity index is 996. The highest BCUT2D eigenvalue weighted by Crippen LogP contribution is 2.48. The Morgan fingerprint density at radius 3 is 2.85 bits per heavy atom. The number of allylic oxidation sites excluding steroid dienone is 1. The maximum atomic E-state index is 10.2. The minimum absolute atomic E-state index is 0.206. The highest BCUT2D eigenvalue weighted by atomic mass is 79.9. The van der Waals surface area contributed by atoms with E-state index in [-0.39, 0.29) is 5.92 Å². The molecule has 0 amide bonds. The Balaban J connectivity index is 1.78. The van der Waals surface area contributed by atoms with Crippen molar-refractivity contribution in [1.82, 2.24) is 0 Å². The molecule has 2 aromatic carbocycles. The van der Waals surface area contributed by atoms with E-state index >= 15 is 0 Å². The minimum Gasteiger partial charge on any atom is -0.355 e. The smallest absolute Gasteiger partial charge is 0.0863 e. The summed E-state index contributed by atoms with van der Waals surface area (Å²) in [5, 5.41) is 13.6. The normalized spacial score (nSPS) is 20.3. The van der Waals surface area contributed by atoms with Gasteiger partial charge in [0, 0.05) is 21.8 Å². The van der Waals surface area contributed by atoms with E-state index in [4.69, 9.17) is 0 Å². The number of fused-ring (bicyclic) bond motifs is 2. The third-order valence-electron chi connectivity index (χ3n) is 5.90. The molecule has 1 aliphatic heterocycles. The van der Waals surface area contributed by atoms with Gasteiger partial charge in [0.25, 0.3) is 0 Å². The maximum absolute atomic E-state index is 10.2. The number of benzene rings is 2. The number of aryl methyl sites for hydroxylation is 1. The molecule has 130 valence electrons. The van der Waals surface area contributed by atoms with Crippen molar-refractivity contribution in [2.24, 2.45) is 0 Å². The van der Waals surface area contributed by atoms with Crippen molar-refractivity contribution in [3.05, 3.63) is 81.0 Å². The molecule has 0 saturated heterocycles. The van der Waals surface area contributed by atoms with Crippen LogP contribution >= 0.6 is 15.9 Å². The van der Waals surface area contributed by atoms with E-state index < -0.39 is 5.41 Å². The molecule has 4 rings (SSSR count). The summed E-state index contributed by atoms with van der Waals surface area (Å²) in [5.74, 6) is 0.206. The molecular weight excluding hydrogens is 384 g/mol. The zero-order valence-electron chi connectivity index (χ0n) is 15.1. The molecule has 1 heterocycles. The number of anilines is 1. The average Bonchev–Trinajstić information content (AvgIpc) is 3.05. The zero-order chi connectivity index (χ0) is 18.5. The fourth-order valence-corrected chi connectivity index (χ4v) is 4.63. The van der Waals surface area contributed by atoms with Crippen LogP contribution in [0.1, 0.15) is 48.4 Å².